The van der Waals surface area contributed by atoms with E-state index in [1.165, 1.54) is 36.4 Å². The highest BCUT2D eigenvalue weighted by atomic mass is 35.5. The lowest BCUT2D eigenvalue weighted by molar-refractivity contribution is -0.178. The molecule has 9 heteroatoms. The van der Waals surface area contributed by atoms with Gasteiger partial charge in [-0.15, -0.1) is 0 Å². The summed E-state index contributed by atoms with van der Waals surface area (Å²) in [5.74, 6) is -5.75. The maximum atomic E-state index is 13.5. The van der Waals surface area contributed by atoms with Gasteiger partial charge in [-0.1, -0.05) is 62.2 Å². The van der Waals surface area contributed by atoms with Gasteiger partial charge < -0.3 is 10.4 Å². The Morgan fingerprint density at radius 3 is 2.06 bits per heavy atom. The zero-order valence-corrected chi connectivity index (χ0v) is 19.2. The summed E-state index contributed by atoms with van der Waals surface area (Å²) in [5, 5.41) is 12.2. The number of nitrogens with one attached hydrogen (secondary N) is 1. The summed E-state index contributed by atoms with van der Waals surface area (Å²) < 4.78 is 40.6. The van der Waals surface area contributed by atoms with Crippen LogP contribution in [0.15, 0.2) is 42.5 Å². The van der Waals surface area contributed by atoms with Crippen molar-refractivity contribution < 1.29 is 27.9 Å². The van der Waals surface area contributed by atoms with E-state index in [2.05, 4.69) is 5.32 Å². The molecule has 0 saturated heterocycles. The molecule has 4 nitrogen and oxygen atoms in total. The first kappa shape index (κ1) is 26.0. The molecule has 32 heavy (non-hydrogen) atoms. The van der Waals surface area contributed by atoms with Crippen LogP contribution in [0.2, 0.25) is 10.0 Å². The molecule has 0 bridgehead atoms. The van der Waals surface area contributed by atoms with E-state index >= 15 is 0 Å². The van der Waals surface area contributed by atoms with E-state index in [1.54, 1.807) is 6.07 Å². The highest BCUT2D eigenvalue weighted by molar-refractivity contribution is 6.33. The lowest BCUT2D eigenvalue weighted by atomic mass is 9.85. The van der Waals surface area contributed by atoms with Crippen LogP contribution in [-0.2, 0) is 9.59 Å². The molecule has 2 aromatic rings. The number of benzene rings is 2. The van der Waals surface area contributed by atoms with Gasteiger partial charge in [-0.25, -0.2) is 0 Å². The number of amides is 1. The third-order valence-electron chi connectivity index (χ3n) is 5.40. The maximum absolute atomic E-state index is 13.5. The van der Waals surface area contributed by atoms with Gasteiger partial charge in [0.15, 0.2) is 0 Å². The van der Waals surface area contributed by atoms with Gasteiger partial charge in [0.1, 0.15) is 0 Å². The number of carbonyl (C=O) groups excluding carboxylic acids is 1. The number of aliphatic carboxylic acids is 1. The average molecular weight is 490 g/mol. The second kappa shape index (κ2) is 10.6. The van der Waals surface area contributed by atoms with Crippen molar-refractivity contribution in [3.63, 3.8) is 0 Å². The fourth-order valence-electron chi connectivity index (χ4n) is 3.53. The summed E-state index contributed by atoms with van der Waals surface area (Å²) in [6.07, 6.45) is -4.75. The molecule has 3 atom stereocenters. The van der Waals surface area contributed by atoms with Crippen LogP contribution in [0, 0.1) is 11.8 Å². The largest absolute Gasteiger partial charge is 0.481 e. The third kappa shape index (κ3) is 6.62. The molecule has 0 aliphatic heterocycles. The molecule has 0 heterocycles. The van der Waals surface area contributed by atoms with Crippen LogP contribution in [0.4, 0.5) is 18.9 Å². The molecule has 0 saturated carbocycles. The van der Waals surface area contributed by atoms with Gasteiger partial charge in [0.25, 0.3) is 0 Å². The average Bonchev–Trinajstić information content (AvgIpc) is 2.68. The zero-order chi connectivity index (χ0) is 24.2. The normalized spacial score (nSPS) is 14.7. The van der Waals surface area contributed by atoms with Crippen molar-refractivity contribution >= 4 is 40.8 Å². The molecular weight excluding hydrogens is 466 g/mol. The summed E-state index contributed by atoms with van der Waals surface area (Å²) in [7, 11) is 0. The molecule has 174 valence electrons. The van der Waals surface area contributed by atoms with Crippen molar-refractivity contribution in [3.8, 4) is 0 Å². The molecule has 0 aliphatic rings. The van der Waals surface area contributed by atoms with Gasteiger partial charge in [0.2, 0.25) is 5.91 Å². The predicted octanol–water partition coefficient (Wildman–Crippen LogP) is 7.13. The number of rotatable bonds is 8. The van der Waals surface area contributed by atoms with Crippen molar-refractivity contribution in [2.75, 3.05) is 5.32 Å². The molecule has 0 aromatic heterocycles. The SMILES string of the molecule is CC(C)C(CC(=O)O)c1ccc(Cl)c(NC(=O)C(c2ccc(Cl)cc2)C(C)C(F)(F)F)c1. The number of halogens is 5. The van der Waals surface area contributed by atoms with Crippen LogP contribution in [0.1, 0.15) is 50.2 Å². The summed E-state index contributed by atoms with van der Waals surface area (Å²) in [4.78, 5) is 24.3. The van der Waals surface area contributed by atoms with Crippen molar-refractivity contribution in [3.05, 3.63) is 63.6 Å². The van der Waals surface area contributed by atoms with E-state index < -0.39 is 29.9 Å². The molecule has 3 unspecified atom stereocenters. The molecule has 0 aliphatic carbocycles. The first-order valence-corrected chi connectivity index (χ1v) is 10.7. The first-order valence-electron chi connectivity index (χ1n) is 9.95. The van der Waals surface area contributed by atoms with Crippen LogP contribution in [0.25, 0.3) is 0 Å². The third-order valence-corrected chi connectivity index (χ3v) is 5.99. The van der Waals surface area contributed by atoms with E-state index in [1.807, 2.05) is 13.8 Å². The highest BCUT2D eigenvalue weighted by Crippen LogP contribution is 2.39. The van der Waals surface area contributed by atoms with Crippen LogP contribution < -0.4 is 5.32 Å². The van der Waals surface area contributed by atoms with Gasteiger partial charge in [-0.2, -0.15) is 13.2 Å². The van der Waals surface area contributed by atoms with E-state index in [4.69, 9.17) is 23.2 Å². The number of carboxylic acids is 1. The smallest absolute Gasteiger partial charge is 0.392 e. The fraction of sp³-hybridized carbons (Fsp3) is 0.391. The maximum Gasteiger partial charge on any atom is 0.392 e. The summed E-state index contributed by atoms with van der Waals surface area (Å²) >= 11 is 12.0. The van der Waals surface area contributed by atoms with Crippen LogP contribution in [0.5, 0.6) is 0 Å². The number of hydrogen-bond acceptors (Lipinski definition) is 2. The van der Waals surface area contributed by atoms with Crippen molar-refractivity contribution in [2.45, 2.75) is 45.2 Å². The Balaban J connectivity index is 2.42. The van der Waals surface area contributed by atoms with Crippen LogP contribution >= 0.6 is 23.2 Å². The molecule has 1 amide bonds. The Morgan fingerprint density at radius 2 is 1.56 bits per heavy atom. The summed E-state index contributed by atoms with van der Waals surface area (Å²) in [6.45, 7) is 4.67. The van der Waals surface area contributed by atoms with Crippen molar-refractivity contribution in [1.82, 2.24) is 0 Å². The Morgan fingerprint density at radius 1 is 1.00 bits per heavy atom. The highest BCUT2D eigenvalue weighted by Gasteiger charge is 2.45. The first-order chi connectivity index (χ1) is 14.8. The minimum absolute atomic E-state index is 0.0251. The van der Waals surface area contributed by atoms with Crippen LogP contribution in [-0.4, -0.2) is 23.2 Å². The number of hydrogen-bond donors (Lipinski definition) is 2. The van der Waals surface area contributed by atoms with Gasteiger partial charge in [-0.05, 0) is 47.2 Å². The Labute approximate surface area is 194 Å². The number of anilines is 1. The van der Waals surface area contributed by atoms with Crippen LogP contribution in [0.3, 0.4) is 0 Å². The number of carbonyl (C=O) groups is 2. The van der Waals surface area contributed by atoms with Crippen molar-refractivity contribution in [2.24, 2.45) is 11.8 Å². The van der Waals surface area contributed by atoms with Gasteiger partial charge in [0, 0.05) is 5.02 Å². The zero-order valence-electron chi connectivity index (χ0n) is 17.7. The molecule has 0 fully saturated rings. The second-order valence-electron chi connectivity index (χ2n) is 8.04. The van der Waals surface area contributed by atoms with E-state index in [0.717, 1.165) is 6.92 Å². The minimum atomic E-state index is -4.61. The van der Waals surface area contributed by atoms with Gasteiger partial charge in [-0.3, -0.25) is 9.59 Å². The Hall–Kier alpha value is -2.25. The fourth-order valence-corrected chi connectivity index (χ4v) is 3.82. The second-order valence-corrected chi connectivity index (χ2v) is 8.88. The summed E-state index contributed by atoms with van der Waals surface area (Å²) in [6, 6.07) is 10.3. The van der Waals surface area contributed by atoms with E-state index in [-0.39, 0.29) is 34.5 Å². The monoisotopic (exact) mass is 489 g/mol. The lowest BCUT2D eigenvalue weighted by Gasteiger charge is -2.26. The topological polar surface area (TPSA) is 66.4 Å². The summed E-state index contributed by atoms with van der Waals surface area (Å²) in [5.41, 5.74) is 0.905. The molecule has 0 spiro atoms. The predicted molar refractivity (Wildman–Crippen MR) is 119 cm³/mol. The lowest BCUT2D eigenvalue weighted by Crippen LogP contribution is -2.34. The van der Waals surface area contributed by atoms with Crippen molar-refractivity contribution in [1.29, 1.82) is 0 Å². The molecule has 2 N–H and O–H groups in total. The molecule has 2 rings (SSSR count). The standard InChI is InChI=1S/C23H24Cl2F3NO3/c1-12(2)17(11-20(30)31)15-6-9-18(25)19(10-15)29-22(32)21(13(3)23(26,27)28)14-4-7-16(24)8-5-14/h4-10,12-13,17,21H,11H2,1-3H3,(H,29,32)(H,30,31). The quantitative estimate of drug-likeness (QED) is 0.414. The molecular formula is C23H24Cl2F3NO3. The van der Waals surface area contributed by atoms with Gasteiger partial charge in [0.05, 0.1) is 29.0 Å². The number of carboxylic acid groups (broad SMARTS) is 1. The Kier molecular flexibility index (Phi) is 8.60. The van der Waals surface area contributed by atoms with E-state index in [0.29, 0.717) is 10.6 Å². The van der Waals surface area contributed by atoms with Gasteiger partial charge >= 0.3 is 12.1 Å². The minimum Gasteiger partial charge on any atom is -0.481 e. The van der Waals surface area contributed by atoms with E-state index in [9.17, 15) is 27.9 Å². The molecule has 0 radical (unpaired) electrons. The molecule has 2 aromatic carbocycles. The Bertz CT molecular complexity index is 962. The number of alkyl halides is 3.